The lowest BCUT2D eigenvalue weighted by Gasteiger charge is -2.11. The first-order chi connectivity index (χ1) is 15.0. The Balaban J connectivity index is 1.47. The molecule has 7 nitrogen and oxygen atoms in total. The van der Waals surface area contributed by atoms with Gasteiger partial charge in [0.15, 0.2) is 5.76 Å². The summed E-state index contributed by atoms with van der Waals surface area (Å²) in [6.07, 6.45) is 0. The van der Waals surface area contributed by atoms with Crippen molar-refractivity contribution in [2.45, 2.75) is 13.2 Å². The lowest BCUT2D eigenvalue weighted by atomic mass is 10.2. The molecule has 0 aliphatic carbocycles. The molecular formula is C24H25N3O4. The molecular weight excluding hydrogens is 394 g/mol. The second-order valence-corrected chi connectivity index (χ2v) is 7.14. The number of ether oxygens (including phenoxy) is 2. The first-order valence-electron chi connectivity index (χ1n) is 9.90. The van der Waals surface area contributed by atoms with Crippen molar-refractivity contribution in [3.63, 3.8) is 0 Å². The Morgan fingerprint density at radius 2 is 1.84 bits per heavy atom. The Bertz CT molecular complexity index is 1040. The topological polar surface area (TPSA) is 87.7 Å². The SMILES string of the molecule is CN(C)CCOc1ccc(CNC(=O)c2ccc(COc3ccccc3C#N)o2)cc1. The molecule has 0 fully saturated rings. The number of furan rings is 1. The van der Waals surface area contributed by atoms with Gasteiger partial charge in [-0.15, -0.1) is 0 Å². The first kappa shape index (κ1) is 21.9. The van der Waals surface area contributed by atoms with Crippen LogP contribution in [0, 0.1) is 11.3 Å². The van der Waals surface area contributed by atoms with Gasteiger partial charge in [-0.3, -0.25) is 4.79 Å². The number of carbonyl (C=O) groups is 1. The van der Waals surface area contributed by atoms with E-state index in [0.717, 1.165) is 17.9 Å². The van der Waals surface area contributed by atoms with Crippen LogP contribution in [0.1, 0.15) is 27.4 Å². The van der Waals surface area contributed by atoms with Crippen LogP contribution in [-0.2, 0) is 13.2 Å². The number of amides is 1. The second kappa shape index (κ2) is 10.9. The number of rotatable bonds is 10. The monoisotopic (exact) mass is 419 g/mol. The largest absolute Gasteiger partial charge is 0.492 e. The Morgan fingerprint density at radius 3 is 2.58 bits per heavy atom. The number of hydrogen-bond donors (Lipinski definition) is 1. The van der Waals surface area contributed by atoms with Crippen molar-refractivity contribution in [2.24, 2.45) is 0 Å². The molecule has 0 aliphatic heterocycles. The minimum atomic E-state index is -0.310. The molecule has 7 heteroatoms. The maximum Gasteiger partial charge on any atom is 0.287 e. The predicted molar refractivity (Wildman–Crippen MR) is 116 cm³/mol. The molecule has 1 N–H and O–H groups in total. The zero-order valence-corrected chi connectivity index (χ0v) is 17.6. The fraction of sp³-hybridized carbons (Fsp3) is 0.250. The van der Waals surface area contributed by atoms with E-state index in [1.807, 2.05) is 38.4 Å². The van der Waals surface area contributed by atoms with Gasteiger partial charge < -0.3 is 24.1 Å². The Morgan fingerprint density at radius 1 is 1.06 bits per heavy atom. The van der Waals surface area contributed by atoms with E-state index in [4.69, 9.17) is 19.2 Å². The normalized spacial score (nSPS) is 10.5. The third-order valence-corrected chi connectivity index (χ3v) is 4.45. The number of nitrogens with one attached hydrogen (secondary N) is 1. The van der Waals surface area contributed by atoms with Crippen LogP contribution < -0.4 is 14.8 Å². The number of carbonyl (C=O) groups excluding carboxylic acids is 1. The smallest absolute Gasteiger partial charge is 0.287 e. The first-order valence-corrected chi connectivity index (χ1v) is 9.90. The summed E-state index contributed by atoms with van der Waals surface area (Å²) in [6.45, 7) is 1.97. The number of hydrogen-bond acceptors (Lipinski definition) is 6. The maximum absolute atomic E-state index is 12.4. The Labute approximate surface area is 181 Å². The summed E-state index contributed by atoms with van der Waals surface area (Å²) in [6, 6.07) is 19.9. The number of benzene rings is 2. The van der Waals surface area contributed by atoms with E-state index in [1.165, 1.54) is 0 Å². The molecule has 0 spiro atoms. The highest BCUT2D eigenvalue weighted by atomic mass is 16.5. The lowest BCUT2D eigenvalue weighted by molar-refractivity contribution is 0.0919. The van der Waals surface area contributed by atoms with Gasteiger partial charge in [0.05, 0.1) is 5.56 Å². The Kier molecular flexibility index (Phi) is 7.68. The molecule has 0 aliphatic rings. The van der Waals surface area contributed by atoms with E-state index in [1.54, 1.807) is 36.4 Å². The molecule has 0 unspecified atom stereocenters. The zero-order valence-electron chi connectivity index (χ0n) is 17.6. The molecule has 3 aromatic rings. The molecule has 2 aromatic carbocycles. The minimum absolute atomic E-state index is 0.126. The summed E-state index contributed by atoms with van der Waals surface area (Å²) < 4.78 is 16.9. The van der Waals surface area contributed by atoms with Gasteiger partial charge >= 0.3 is 0 Å². The fourth-order valence-corrected chi connectivity index (χ4v) is 2.73. The summed E-state index contributed by atoms with van der Waals surface area (Å²) in [5.41, 5.74) is 1.40. The third-order valence-electron chi connectivity index (χ3n) is 4.45. The van der Waals surface area contributed by atoms with Gasteiger partial charge in [-0.2, -0.15) is 5.26 Å². The van der Waals surface area contributed by atoms with Gasteiger partial charge in [0, 0.05) is 13.1 Å². The molecule has 0 bridgehead atoms. The van der Waals surface area contributed by atoms with Crippen LogP contribution in [0.25, 0.3) is 0 Å². The fourth-order valence-electron chi connectivity index (χ4n) is 2.73. The van der Waals surface area contributed by atoms with Crippen molar-refractivity contribution in [3.05, 3.63) is 83.3 Å². The zero-order chi connectivity index (χ0) is 22.1. The van der Waals surface area contributed by atoms with Gasteiger partial charge in [0.2, 0.25) is 0 Å². The molecule has 160 valence electrons. The van der Waals surface area contributed by atoms with Gasteiger partial charge in [0.25, 0.3) is 5.91 Å². The average Bonchev–Trinajstić information content (AvgIpc) is 3.26. The van der Waals surface area contributed by atoms with E-state index in [-0.39, 0.29) is 18.3 Å². The molecule has 1 heterocycles. The van der Waals surface area contributed by atoms with E-state index < -0.39 is 0 Å². The van der Waals surface area contributed by atoms with Gasteiger partial charge in [-0.05, 0) is 56.1 Å². The summed E-state index contributed by atoms with van der Waals surface area (Å²) in [4.78, 5) is 14.4. The Hall–Kier alpha value is -3.76. The van der Waals surface area contributed by atoms with Gasteiger partial charge in [-0.25, -0.2) is 0 Å². The summed E-state index contributed by atoms with van der Waals surface area (Å²) in [5, 5.41) is 11.9. The van der Waals surface area contributed by atoms with Crippen LogP contribution in [0.5, 0.6) is 11.5 Å². The lowest BCUT2D eigenvalue weighted by Crippen LogP contribution is -2.22. The van der Waals surface area contributed by atoms with E-state index in [0.29, 0.717) is 30.2 Å². The molecule has 0 radical (unpaired) electrons. The standard InChI is InChI=1S/C24H25N3O4/c1-27(2)13-14-29-20-9-7-18(8-10-20)16-26-24(28)23-12-11-21(31-23)17-30-22-6-4-3-5-19(22)15-25/h3-12H,13-14,16-17H2,1-2H3,(H,26,28). The van der Waals surface area contributed by atoms with Crippen LogP contribution in [-0.4, -0.2) is 38.1 Å². The van der Waals surface area contributed by atoms with Crippen LogP contribution >= 0.6 is 0 Å². The summed E-state index contributed by atoms with van der Waals surface area (Å²) in [5.74, 6) is 1.66. The maximum atomic E-state index is 12.4. The highest BCUT2D eigenvalue weighted by Crippen LogP contribution is 2.19. The highest BCUT2D eigenvalue weighted by Gasteiger charge is 2.12. The van der Waals surface area contributed by atoms with Crippen molar-refractivity contribution >= 4 is 5.91 Å². The van der Waals surface area contributed by atoms with Crippen LogP contribution in [0.4, 0.5) is 0 Å². The second-order valence-electron chi connectivity index (χ2n) is 7.14. The highest BCUT2D eigenvalue weighted by molar-refractivity contribution is 5.91. The van der Waals surface area contributed by atoms with Crippen molar-refractivity contribution in [1.29, 1.82) is 5.26 Å². The van der Waals surface area contributed by atoms with E-state index in [9.17, 15) is 4.79 Å². The minimum Gasteiger partial charge on any atom is -0.492 e. The van der Waals surface area contributed by atoms with Crippen LogP contribution in [0.2, 0.25) is 0 Å². The molecule has 31 heavy (non-hydrogen) atoms. The van der Waals surface area contributed by atoms with E-state index in [2.05, 4.69) is 16.3 Å². The molecule has 1 aromatic heterocycles. The molecule has 0 atom stereocenters. The molecule has 0 saturated carbocycles. The van der Waals surface area contributed by atoms with Crippen molar-refractivity contribution in [3.8, 4) is 17.6 Å². The number of likely N-dealkylation sites (N-methyl/N-ethyl adjacent to an activating group) is 1. The summed E-state index contributed by atoms with van der Waals surface area (Å²) >= 11 is 0. The van der Waals surface area contributed by atoms with Crippen molar-refractivity contribution < 1.29 is 18.7 Å². The number of nitriles is 1. The van der Waals surface area contributed by atoms with Gasteiger partial charge in [0.1, 0.15) is 36.5 Å². The van der Waals surface area contributed by atoms with Crippen molar-refractivity contribution in [2.75, 3.05) is 27.2 Å². The van der Waals surface area contributed by atoms with Crippen LogP contribution in [0.3, 0.4) is 0 Å². The number of para-hydroxylation sites is 1. The number of nitrogens with zero attached hydrogens (tertiary/aromatic N) is 2. The van der Waals surface area contributed by atoms with Crippen molar-refractivity contribution in [1.82, 2.24) is 10.2 Å². The van der Waals surface area contributed by atoms with E-state index >= 15 is 0 Å². The van der Waals surface area contributed by atoms with Crippen LogP contribution in [0.15, 0.2) is 65.1 Å². The van der Waals surface area contributed by atoms with Gasteiger partial charge in [-0.1, -0.05) is 24.3 Å². The average molecular weight is 419 g/mol. The third kappa shape index (κ3) is 6.63. The molecule has 0 saturated heterocycles. The quantitative estimate of drug-likeness (QED) is 0.540. The molecule has 1 amide bonds. The predicted octanol–water partition coefficient (Wildman–Crippen LogP) is 3.60. The molecule has 3 rings (SSSR count). The summed E-state index contributed by atoms with van der Waals surface area (Å²) in [7, 11) is 4.00.